The molecule has 0 aliphatic carbocycles. The van der Waals surface area contributed by atoms with E-state index in [0.717, 1.165) is 30.8 Å². The fourth-order valence-corrected chi connectivity index (χ4v) is 3.52. The van der Waals surface area contributed by atoms with E-state index < -0.39 is 0 Å². The molecule has 0 saturated carbocycles. The Morgan fingerprint density at radius 1 is 1.19 bits per heavy atom. The Morgan fingerprint density at radius 2 is 2.04 bits per heavy atom. The summed E-state index contributed by atoms with van der Waals surface area (Å²) in [7, 11) is 0. The van der Waals surface area contributed by atoms with Crippen LogP contribution >= 0.6 is 0 Å². The van der Waals surface area contributed by atoms with Gasteiger partial charge in [-0.2, -0.15) is 0 Å². The van der Waals surface area contributed by atoms with E-state index in [4.69, 9.17) is 0 Å². The number of aromatic nitrogens is 2. The molecule has 27 heavy (non-hydrogen) atoms. The number of nitrogens with zero attached hydrogens (tertiary/aromatic N) is 2. The molecule has 2 aromatic carbocycles. The highest BCUT2D eigenvalue weighted by atomic mass is 16.1. The Kier molecular flexibility index (Phi) is 5.03. The molecular weight excluding hydrogens is 336 g/mol. The molecule has 1 unspecified atom stereocenters. The summed E-state index contributed by atoms with van der Waals surface area (Å²) < 4.78 is 2.32. The molecule has 0 saturated heterocycles. The Balaban J connectivity index is 1.40. The largest absolute Gasteiger partial charge is 0.331 e. The van der Waals surface area contributed by atoms with Crippen molar-refractivity contribution in [2.45, 2.75) is 38.9 Å². The van der Waals surface area contributed by atoms with Crippen LogP contribution in [0.3, 0.4) is 0 Å². The van der Waals surface area contributed by atoms with Crippen molar-refractivity contribution in [3.8, 4) is 0 Å². The molecule has 0 bridgehead atoms. The van der Waals surface area contributed by atoms with E-state index in [1.807, 2.05) is 54.7 Å². The van der Waals surface area contributed by atoms with Crippen LogP contribution in [-0.2, 0) is 19.5 Å². The zero-order chi connectivity index (χ0) is 18.6. The number of hydrogen-bond donors (Lipinski definition) is 2. The maximum atomic E-state index is 12.3. The third kappa shape index (κ3) is 3.93. The number of fused-ring (bicyclic) bond motifs is 1. The average Bonchev–Trinajstić information content (AvgIpc) is 3.31. The predicted octanol–water partition coefficient (Wildman–Crippen LogP) is 3.93. The predicted molar refractivity (Wildman–Crippen MR) is 107 cm³/mol. The lowest BCUT2D eigenvalue weighted by atomic mass is 10.1. The van der Waals surface area contributed by atoms with Crippen LogP contribution in [0.25, 0.3) is 0 Å². The molecule has 0 fully saturated rings. The number of hydrogen-bond acceptors (Lipinski definition) is 3. The Hall–Kier alpha value is -2.92. The van der Waals surface area contributed by atoms with Crippen LogP contribution < -0.4 is 10.6 Å². The van der Waals surface area contributed by atoms with Crippen LogP contribution in [0.1, 0.15) is 46.8 Å². The second-order valence-electron chi connectivity index (χ2n) is 6.97. The van der Waals surface area contributed by atoms with E-state index in [9.17, 15) is 4.79 Å². The monoisotopic (exact) mass is 360 g/mol. The molecule has 1 amide bonds. The van der Waals surface area contributed by atoms with E-state index in [-0.39, 0.29) is 11.9 Å². The van der Waals surface area contributed by atoms with Crippen molar-refractivity contribution >= 4 is 11.6 Å². The fraction of sp³-hybridized carbons (Fsp3) is 0.273. The number of carbonyl (C=O) groups excluding carboxylic acids is 1. The first kappa shape index (κ1) is 17.5. The minimum Gasteiger partial charge on any atom is -0.331 e. The highest BCUT2D eigenvalue weighted by Crippen LogP contribution is 2.20. The topological polar surface area (TPSA) is 59.0 Å². The summed E-state index contributed by atoms with van der Waals surface area (Å²) >= 11 is 0. The molecular formula is C22H24N4O. The van der Waals surface area contributed by atoms with Gasteiger partial charge in [0.2, 0.25) is 0 Å². The van der Waals surface area contributed by atoms with Gasteiger partial charge in [-0.05, 0) is 43.2 Å². The zero-order valence-corrected chi connectivity index (χ0v) is 15.5. The first-order valence-electron chi connectivity index (χ1n) is 9.44. The number of imidazole rings is 1. The Morgan fingerprint density at radius 3 is 2.89 bits per heavy atom. The van der Waals surface area contributed by atoms with Crippen molar-refractivity contribution in [3.63, 3.8) is 0 Å². The van der Waals surface area contributed by atoms with Gasteiger partial charge in [-0.25, -0.2) is 4.98 Å². The van der Waals surface area contributed by atoms with Crippen LogP contribution in [0.4, 0.5) is 5.69 Å². The van der Waals surface area contributed by atoms with Crippen LogP contribution in [-0.4, -0.2) is 15.5 Å². The van der Waals surface area contributed by atoms with Crippen molar-refractivity contribution < 1.29 is 4.79 Å². The second kappa shape index (κ2) is 7.76. The van der Waals surface area contributed by atoms with Crippen LogP contribution in [0.2, 0.25) is 0 Å². The van der Waals surface area contributed by atoms with Gasteiger partial charge in [0.15, 0.2) is 0 Å². The summed E-state index contributed by atoms with van der Waals surface area (Å²) in [6.07, 6.45) is 4.25. The molecule has 1 aliphatic heterocycles. The summed E-state index contributed by atoms with van der Waals surface area (Å²) in [4.78, 5) is 16.8. The lowest BCUT2D eigenvalue weighted by Crippen LogP contribution is -2.20. The van der Waals surface area contributed by atoms with Gasteiger partial charge in [0.05, 0.1) is 5.69 Å². The lowest BCUT2D eigenvalue weighted by Gasteiger charge is -2.16. The van der Waals surface area contributed by atoms with Gasteiger partial charge in [0, 0.05) is 43.0 Å². The van der Waals surface area contributed by atoms with Crippen molar-refractivity contribution in [1.82, 2.24) is 14.9 Å². The lowest BCUT2D eigenvalue weighted by molar-refractivity contribution is 0.102. The quantitative estimate of drug-likeness (QED) is 0.700. The number of nitrogens with one attached hydrogen (secondary N) is 2. The molecule has 1 aromatic heterocycles. The standard InChI is InChI=1S/C22H24N4O/c1-16(23-14-20-15-24-21-11-6-12-26(20)21)18-9-5-10-19(13-18)25-22(27)17-7-3-2-4-8-17/h2-5,7-10,13,15-16,23H,6,11-12,14H2,1H3,(H,25,27). The van der Waals surface area contributed by atoms with E-state index >= 15 is 0 Å². The molecule has 4 rings (SSSR count). The minimum atomic E-state index is -0.0943. The van der Waals surface area contributed by atoms with Crippen LogP contribution in [0, 0.1) is 0 Å². The number of rotatable bonds is 6. The van der Waals surface area contributed by atoms with Crippen molar-refractivity contribution in [2.75, 3.05) is 5.32 Å². The molecule has 138 valence electrons. The minimum absolute atomic E-state index is 0.0943. The molecule has 1 atom stereocenters. The Bertz CT molecular complexity index is 932. The van der Waals surface area contributed by atoms with E-state index in [2.05, 4.69) is 33.2 Å². The smallest absolute Gasteiger partial charge is 0.255 e. The number of benzene rings is 2. The number of aryl methyl sites for hydroxylation is 1. The van der Waals surface area contributed by atoms with Gasteiger partial charge >= 0.3 is 0 Å². The molecule has 0 spiro atoms. The summed E-state index contributed by atoms with van der Waals surface area (Å²) in [6.45, 7) is 4.00. The Labute approximate surface area is 159 Å². The van der Waals surface area contributed by atoms with Gasteiger partial charge < -0.3 is 15.2 Å². The third-order valence-electron chi connectivity index (χ3n) is 5.07. The van der Waals surface area contributed by atoms with Gasteiger partial charge in [0.1, 0.15) is 5.82 Å². The van der Waals surface area contributed by atoms with E-state index in [1.165, 1.54) is 17.9 Å². The van der Waals surface area contributed by atoms with Crippen molar-refractivity contribution in [2.24, 2.45) is 0 Å². The highest BCUT2D eigenvalue weighted by molar-refractivity contribution is 6.04. The maximum Gasteiger partial charge on any atom is 0.255 e. The molecule has 0 radical (unpaired) electrons. The maximum absolute atomic E-state index is 12.3. The fourth-order valence-electron chi connectivity index (χ4n) is 3.52. The van der Waals surface area contributed by atoms with E-state index in [1.54, 1.807) is 0 Å². The van der Waals surface area contributed by atoms with Gasteiger partial charge in [-0.15, -0.1) is 0 Å². The first-order valence-corrected chi connectivity index (χ1v) is 9.44. The summed E-state index contributed by atoms with van der Waals surface area (Å²) in [5.74, 6) is 1.10. The average molecular weight is 360 g/mol. The summed E-state index contributed by atoms with van der Waals surface area (Å²) in [5, 5.41) is 6.55. The number of carbonyl (C=O) groups is 1. The molecule has 2 heterocycles. The molecule has 5 heteroatoms. The van der Waals surface area contributed by atoms with Gasteiger partial charge in [-0.1, -0.05) is 30.3 Å². The zero-order valence-electron chi connectivity index (χ0n) is 15.5. The van der Waals surface area contributed by atoms with Gasteiger partial charge in [0.25, 0.3) is 5.91 Å². The van der Waals surface area contributed by atoms with Crippen LogP contribution in [0.5, 0.6) is 0 Å². The van der Waals surface area contributed by atoms with Crippen molar-refractivity contribution in [3.05, 3.63) is 83.4 Å². The summed E-state index contributed by atoms with van der Waals surface area (Å²) in [6, 6.07) is 17.4. The van der Waals surface area contributed by atoms with Crippen molar-refractivity contribution in [1.29, 1.82) is 0 Å². The number of amides is 1. The normalized spacial score (nSPS) is 14.0. The van der Waals surface area contributed by atoms with Gasteiger partial charge in [-0.3, -0.25) is 4.79 Å². The highest BCUT2D eigenvalue weighted by Gasteiger charge is 2.16. The van der Waals surface area contributed by atoms with E-state index in [0.29, 0.717) is 5.56 Å². The SMILES string of the molecule is CC(NCc1cnc2n1CCC2)c1cccc(NC(=O)c2ccccc2)c1. The van der Waals surface area contributed by atoms with Crippen LogP contribution in [0.15, 0.2) is 60.8 Å². The third-order valence-corrected chi connectivity index (χ3v) is 5.07. The molecule has 3 aromatic rings. The summed E-state index contributed by atoms with van der Waals surface area (Å²) in [5.41, 5.74) is 3.84. The molecule has 1 aliphatic rings. The molecule has 2 N–H and O–H groups in total. The number of anilines is 1. The second-order valence-corrected chi connectivity index (χ2v) is 6.97. The first-order chi connectivity index (χ1) is 13.2. The molecule has 5 nitrogen and oxygen atoms in total.